The number of aromatic nitrogens is 1. The van der Waals surface area contributed by atoms with Gasteiger partial charge in [0, 0.05) is 50.5 Å². The fourth-order valence-corrected chi connectivity index (χ4v) is 10.4. The fraction of sp³-hybridized carbons (Fsp3) is 0.279. The van der Waals surface area contributed by atoms with E-state index in [9.17, 15) is 0 Å². The van der Waals surface area contributed by atoms with E-state index >= 15 is 0 Å². The van der Waals surface area contributed by atoms with E-state index in [1.807, 2.05) is 0 Å². The largest absolute Gasteiger partial charge is 0.374 e. The molecule has 0 bridgehead atoms. The minimum Gasteiger partial charge on any atom is -0.374 e. The minimum atomic E-state index is -0.122. The first-order chi connectivity index (χ1) is 30.7. The van der Waals surface area contributed by atoms with Gasteiger partial charge in [-0.15, -0.1) is 0 Å². The maximum absolute atomic E-state index is 2.78. The maximum atomic E-state index is 2.78. The molecule has 326 valence electrons. The number of aryl methyl sites for hydroxylation is 1. The van der Waals surface area contributed by atoms with Gasteiger partial charge in [-0.1, -0.05) is 174 Å². The van der Waals surface area contributed by atoms with Crippen molar-refractivity contribution in [3.8, 4) is 22.4 Å². The summed E-state index contributed by atoms with van der Waals surface area (Å²) in [6.07, 6.45) is 0. The van der Waals surface area contributed by atoms with Crippen LogP contribution in [0.4, 0.5) is 34.1 Å². The summed E-state index contributed by atoms with van der Waals surface area (Å²) in [5.41, 5.74) is 22.5. The molecule has 1 aromatic heterocycles. The van der Waals surface area contributed by atoms with Gasteiger partial charge in [0.15, 0.2) is 0 Å². The van der Waals surface area contributed by atoms with Crippen molar-refractivity contribution < 1.29 is 0 Å². The SMILES string of the molecule is Cc1ccccc1-c1c(N(c2ccccc2)c2ccccc2)c2cc(C(C)(C)C)cc3c2n1B1c2cc(C(C)(C)C)ccc2N(c2ccc(C(C)(C)C)cc2)c2cc(C(C)(C)C)cc-3c21. The molecule has 65 heavy (non-hydrogen) atoms. The van der Waals surface area contributed by atoms with E-state index in [2.05, 4.69) is 256 Å². The van der Waals surface area contributed by atoms with Crippen molar-refractivity contribution in [2.75, 3.05) is 9.80 Å². The molecule has 2 aliphatic rings. The zero-order valence-electron chi connectivity index (χ0n) is 40.9. The highest BCUT2D eigenvalue weighted by atomic mass is 15.2. The maximum Gasteiger partial charge on any atom is 0.333 e. The molecule has 0 amide bonds. The molecule has 3 heterocycles. The Bertz CT molecular complexity index is 3090. The third-order valence-electron chi connectivity index (χ3n) is 14.1. The first kappa shape index (κ1) is 42.7. The molecule has 2 aliphatic heterocycles. The summed E-state index contributed by atoms with van der Waals surface area (Å²) >= 11 is 0. The smallest absolute Gasteiger partial charge is 0.333 e. The molecule has 0 N–H and O–H groups in total. The fourth-order valence-electron chi connectivity index (χ4n) is 10.4. The van der Waals surface area contributed by atoms with Crippen LogP contribution in [0.5, 0.6) is 0 Å². The zero-order chi connectivity index (χ0) is 46.0. The molecule has 8 aromatic rings. The number of nitrogens with zero attached hydrogens (tertiary/aromatic N) is 3. The number of para-hydroxylation sites is 2. The minimum absolute atomic E-state index is 0.0433. The van der Waals surface area contributed by atoms with E-state index in [0.717, 1.165) is 11.4 Å². The number of fused-ring (bicyclic) bond motifs is 4. The molecule has 0 spiro atoms. The molecule has 0 unspecified atom stereocenters. The van der Waals surface area contributed by atoms with Gasteiger partial charge in [0.25, 0.3) is 0 Å². The Labute approximate surface area is 388 Å². The summed E-state index contributed by atoms with van der Waals surface area (Å²) in [6.45, 7) is 30.3. The Hall–Kier alpha value is -6.26. The second kappa shape index (κ2) is 14.9. The third-order valence-corrected chi connectivity index (χ3v) is 14.1. The number of hydrogen-bond acceptors (Lipinski definition) is 2. The Morgan fingerprint density at radius 2 is 0.969 bits per heavy atom. The Morgan fingerprint density at radius 3 is 1.54 bits per heavy atom. The lowest BCUT2D eigenvalue weighted by atomic mass is 9.44. The summed E-state index contributed by atoms with van der Waals surface area (Å²) in [6, 6.07) is 58.0. The molecule has 0 radical (unpaired) electrons. The predicted octanol–water partition coefficient (Wildman–Crippen LogP) is 15.7. The lowest BCUT2D eigenvalue weighted by Gasteiger charge is -2.42. The summed E-state index contributed by atoms with van der Waals surface area (Å²) in [5.74, 6) is 0. The number of anilines is 6. The second-order valence-electron chi connectivity index (χ2n) is 22.8. The van der Waals surface area contributed by atoms with Crippen LogP contribution in [0.25, 0.3) is 33.3 Å². The van der Waals surface area contributed by atoms with Gasteiger partial charge in [0.1, 0.15) is 0 Å². The van der Waals surface area contributed by atoms with Gasteiger partial charge in [0.05, 0.1) is 11.4 Å². The van der Waals surface area contributed by atoms with Gasteiger partial charge in [0.2, 0.25) is 0 Å². The van der Waals surface area contributed by atoms with Crippen LogP contribution in [0.3, 0.4) is 0 Å². The standard InChI is InChI=1S/C61H64BN3/c1-39-22-20-21-27-47(39)57-56(63(44-23-16-14-17-24-44)45-25-18-15-19-26-45)50-36-42(60(8,9)10)35-49-48-34-43(61(11,12)13)38-53-54(48)62(65(57)55(49)50)51-37-41(59(5,6)7)30-33-52(51)64(53)46-31-28-40(29-32-46)58(2,3)4/h14-38H,1-13H3. The summed E-state index contributed by atoms with van der Waals surface area (Å²) in [5, 5.41) is 1.26. The second-order valence-corrected chi connectivity index (χ2v) is 22.8. The van der Waals surface area contributed by atoms with Crippen molar-refractivity contribution in [2.45, 2.75) is 112 Å². The summed E-state index contributed by atoms with van der Waals surface area (Å²) in [7, 11) is 0. The average Bonchev–Trinajstić information content (AvgIpc) is 3.58. The van der Waals surface area contributed by atoms with Crippen LogP contribution in [0.1, 0.15) is 111 Å². The average molecular weight is 850 g/mol. The lowest BCUT2D eigenvalue weighted by molar-refractivity contribution is 0.589. The number of benzene rings is 7. The highest BCUT2D eigenvalue weighted by Gasteiger charge is 2.46. The van der Waals surface area contributed by atoms with Gasteiger partial charge >= 0.3 is 6.85 Å². The highest BCUT2D eigenvalue weighted by Crippen LogP contribution is 2.54. The van der Waals surface area contributed by atoms with Gasteiger partial charge in [-0.2, -0.15) is 0 Å². The van der Waals surface area contributed by atoms with Crippen molar-refractivity contribution in [2.24, 2.45) is 0 Å². The van der Waals surface area contributed by atoms with Crippen molar-refractivity contribution in [3.05, 3.63) is 179 Å². The van der Waals surface area contributed by atoms with Crippen molar-refractivity contribution in [1.29, 1.82) is 0 Å². The normalized spacial score (nSPS) is 13.6. The first-order valence-corrected chi connectivity index (χ1v) is 23.6. The molecule has 0 aliphatic carbocycles. The van der Waals surface area contributed by atoms with E-state index in [-0.39, 0.29) is 28.5 Å². The molecule has 3 nitrogen and oxygen atoms in total. The zero-order valence-corrected chi connectivity index (χ0v) is 40.9. The predicted molar refractivity (Wildman–Crippen MR) is 282 cm³/mol. The van der Waals surface area contributed by atoms with E-state index in [1.165, 1.54) is 94.8 Å². The molecular formula is C61H64BN3. The quantitative estimate of drug-likeness (QED) is 0.160. The molecule has 7 aromatic carbocycles. The van der Waals surface area contributed by atoms with E-state index in [4.69, 9.17) is 0 Å². The van der Waals surface area contributed by atoms with Crippen LogP contribution in [-0.4, -0.2) is 11.3 Å². The molecule has 0 saturated carbocycles. The Balaban J connectivity index is 1.44. The topological polar surface area (TPSA) is 11.4 Å². The van der Waals surface area contributed by atoms with Crippen molar-refractivity contribution in [3.63, 3.8) is 0 Å². The first-order valence-electron chi connectivity index (χ1n) is 23.6. The van der Waals surface area contributed by atoms with E-state index in [0.29, 0.717) is 0 Å². The van der Waals surface area contributed by atoms with Gasteiger partial charge in [-0.3, -0.25) is 0 Å². The molecular weight excluding hydrogens is 786 g/mol. The number of hydrogen-bond donors (Lipinski definition) is 0. The Morgan fingerprint density at radius 1 is 0.446 bits per heavy atom. The molecule has 0 atom stereocenters. The van der Waals surface area contributed by atoms with Gasteiger partial charge in [-0.05, 0) is 134 Å². The van der Waals surface area contributed by atoms with Crippen LogP contribution in [0.15, 0.2) is 152 Å². The molecule has 10 rings (SSSR count). The van der Waals surface area contributed by atoms with E-state index < -0.39 is 0 Å². The molecule has 0 fully saturated rings. The molecule has 0 saturated heterocycles. The van der Waals surface area contributed by atoms with Gasteiger partial charge < -0.3 is 14.3 Å². The van der Waals surface area contributed by atoms with Crippen LogP contribution < -0.4 is 20.7 Å². The van der Waals surface area contributed by atoms with Crippen LogP contribution in [-0.2, 0) is 21.7 Å². The summed E-state index contributed by atoms with van der Waals surface area (Å²) in [4.78, 5) is 5.12. The molecule has 4 heteroatoms. The number of rotatable bonds is 5. The van der Waals surface area contributed by atoms with Gasteiger partial charge in [-0.25, -0.2) is 0 Å². The van der Waals surface area contributed by atoms with Crippen molar-refractivity contribution >= 4 is 62.8 Å². The van der Waals surface area contributed by atoms with E-state index in [1.54, 1.807) is 0 Å². The van der Waals surface area contributed by atoms with Crippen LogP contribution in [0, 0.1) is 6.92 Å². The Kier molecular flexibility index (Phi) is 9.78. The van der Waals surface area contributed by atoms with Crippen LogP contribution >= 0.6 is 0 Å². The highest BCUT2D eigenvalue weighted by molar-refractivity contribution is 6.90. The lowest BCUT2D eigenvalue weighted by Crippen LogP contribution is -2.57. The van der Waals surface area contributed by atoms with Crippen LogP contribution in [0.2, 0.25) is 0 Å². The monoisotopic (exact) mass is 850 g/mol. The summed E-state index contributed by atoms with van der Waals surface area (Å²) < 4.78 is 2.78. The van der Waals surface area contributed by atoms with Crippen molar-refractivity contribution in [1.82, 2.24) is 4.48 Å². The third kappa shape index (κ3) is 7.03.